The maximum Gasteiger partial charge on any atom is 0.0644 e. The highest BCUT2D eigenvalue weighted by Gasteiger charge is 2.35. The van der Waals surface area contributed by atoms with Gasteiger partial charge in [0.2, 0.25) is 0 Å². The summed E-state index contributed by atoms with van der Waals surface area (Å²) in [5.74, 6) is 2.54. The molecule has 0 radical (unpaired) electrons. The van der Waals surface area contributed by atoms with Crippen LogP contribution in [0.5, 0.6) is 0 Å². The lowest BCUT2D eigenvalue weighted by Crippen LogP contribution is -2.37. The first kappa shape index (κ1) is 13.4. The number of ether oxygens (including phenoxy) is 1. The lowest BCUT2D eigenvalue weighted by molar-refractivity contribution is 0.0213. The van der Waals surface area contributed by atoms with E-state index in [2.05, 4.69) is 26.1 Å². The van der Waals surface area contributed by atoms with Crippen LogP contribution >= 0.6 is 0 Å². The zero-order valence-electron chi connectivity index (χ0n) is 11.7. The molecular formula is C15H29NO. The zero-order chi connectivity index (χ0) is 12.3. The predicted molar refractivity (Wildman–Crippen MR) is 72.1 cm³/mol. The predicted octanol–water partition coefficient (Wildman–Crippen LogP) is 3.22. The number of hydrogen-bond acceptors (Lipinski definition) is 2. The third kappa shape index (κ3) is 3.69. The fourth-order valence-electron chi connectivity index (χ4n) is 3.40. The molecule has 0 spiro atoms. The van der Waals surface area contributed by atoms with E-state index in [1.54, 1.807) is 0 Å². The molecule has 100 valence electrons. The summed E-state index contributed by atoms with van der Waals surface area (Å²) in [7, 11) is 0. The standard InChI is InChI=1S/C15H29NO/c1-11(2)16-10-14-8-9-17-15(14)13-6-4-12(3)5-7-13/h11-16H,4-10H2,1-3H3. The van der Waals surface area contributed by atoms with Crippen LogP contribution in [0.4, 0.5) is 0 Å². The first-order valence-corrected chi connectivity index (χ1v) is 7.51. The smallest absolute Gasteiger partial charge is 0.0644 e. The maximum absolute atomic E-state index is 6.03. The first-order chi connectivity index (χ1) is 8.16. The molecule has 1 saturated carbocycles. The van der Waals surface area contributed by atoms with Crippen LogP contribution < -0.4 is 5.32 Å². The van der Waals surface area contributed by atoms with Crippen LogP contribution in [0, 0.1) is 17.8 Å². The van der Waals surface area contributed by atoms with Gasteiger partial charge in [-0.15, -0.1) is 0 Å². The van der Waals surface area contributed by atoms with Crippen LogP contribution in [0.3, 0.4) is 0 Å². The summed E-state index contributed by atoms with van der Waals surface area (Å²) in [6.45, 7) is 8.99. The Morgan fingerprint density at radius 3 is 2.47 bits per heavy atom. The third-order valence-corrected chi connectivity index (χ3v) is 4.58. The fraction of sp³-hybridized carbons (Fsp3) is 1.00. The Kier molecular flexibility index (Phi) is 4.87. The first-order valence-electron chi connectivity index (χ1n) is 7.51. The highest BCUT2D eigenvalue weighted by atomic mass is 16.5. The second-order valence-electron chi connectivity index (χ2n) is 6.47. The van der Waals surface area contributed by atoms with Gasteiger partial charge in [-0.25, -0.2) is 0 Å². The van der Waals surface area contributed by atoms with Crippen molar-refractivity contribution in [1.29, 1.82) is 0 Å². The minimum absolute atomic E-state index is 0.550. The summed E-state index contributed by atoms with van der Waals surface area (Å²) in [5.41, 5.74) is 0. The average molecular weight is 239 g/mol. The van der Waals surface area contributed by atoms with Crippen LogP contribution in [-0.4, -0.2) is 25.3 Å². The SMILES string of the molecule is CC1CCC(C2OCCC2CNC(C)C)CC1. The van der Waals surface area contributed by atoms with Crippen molar-refractivity contribution >= 4 is 0 Å². The summed E-state index contributed by atoms with van der Waals surface area (Å²) in [6.07, 6.45) is 7.42. The van der Waals surface area contributed by atoms with Crippen molar-refractivity contribution in [2.75, 3.05) is 13.2 Å². The summed E-state index contributed by atoms with van der Waals surface area (Å²) in [4.78, 5) is 0. The molecule has 0 aromatic rings. The molecular weight excluding hydrogens is 210 g/mol. The Hall–Kier alpha value is -0.0800. The Labute approximate surface area is 107 Å². The van der Waals surface area contributed by atoms with Crippen LogP contribution in [0.25, 0.3) is 0 Å². The molecule has 2 atom stereocenters. The van der Waals surface area contributed by atoms with E-state index in [4.69, 9.17) is 4.74 Å². The molecule has 17 heavy (non-hydrogen) atoms. The highest BCUT2D eigenvalue weighted by Crippen LogP contribution is 2.37. The lowest BCUT2D eigenvalue weighted by Gasteiger charge is -2.33. The topological polar surface area (TPSA) is 21.3 Å². The van der Waals surface area contributed by atoms with Gasteiger partial charge in [-0.3, -0.25) is 0 Å². The number of hydrogen-bond donors (Lipinski definition) is 1. The van der Waals surface area contributed by atoms with Crippen molar-refractivity contribution in [3.8, 4) is 0 Å². The molecule has 2 unspecified atom stereocenters. The van der Waals surface area contributed by atoms with Gasteiger partial charge >= 0.3 is 0 Å². The number of nitrogens with one attached hydrogen (secondary N) is 1. The van der Waals surface area contributed by atoms with E-state index in [9.17, 15) is 0 Å². The van der Waals surface area contributed by atoms with E-state index < -0.39 is 0 Å². The van der Waals surface area contributed by atoms with Gasteiger partial charge in [-0.1, -0.05) is 33.6 Å². The van der Waals surface area contributed by atoms with Crippen LogP contribution in [-0.2, 0) is 4.74 Å². The molecule has 0 aromatic heterocycles. The second-order valence-corrected chi connectivity index (χ2v) is 6.47. The average Bonchev–Trinajstić information content (AvgIpc) is 2.75. The molecule has 0 amide bonds. The highest BCUT2D eigenvalue weighted by molar-refractivity contribution is 4.86. The van der Waals surface area contributed by atoms with Gasteiger partial charge in [-0.2, -0.15) is 0 Å². The molecule has 2 heteroatoms. The van der Waals surface area contributed by atoms with Crippen molar-refractivity contribution in [1.82, 2.24) is 5.32 Å². The minimum atomic E-state index is 0.550. The third-order valence-electron chi connectivity index (χ3n) is 4.58. The lowest BCUT2D eigenvalue weighted by atomic mass is 9.77. The van der Waals surface area contributed by atoms with Gasteiger partial charge in [-0.05, 0) is 31.1 Å². The molecule has 2 fully saturated rings. The summed E-state index contributed by atoms with van der Waals surface area (Å²) >= 11 is 0. The van der Waals surface area contributed by atoms with Gasteiger partial charge in [0, 0.05) is 25.1 Å². The number of rotatable bonds is 4. The zero-order valence-corrected chi connectivity index (χ0v) is 11.7. The van der Waals surface area contributed by atoms with E-state index >= 15 is 0 Å². The Bertz CT molecular complexity index is 221. The maximum atomic E-state index is 6.03. The van der Waals surface area contributed by atoms with Crippen LogP contribution in [0.15, 0.2) is 0 Å². The molecule has 2 aliphatic rings. The van der Waals surface area contributed by atoms with Crippen LogP contribution in [0.1, 0.15) is 52.9 Å². The van der Waals surface area contributed by atoms with Gasteiger partial charge in [0.1, 0.15) is 0 Å². The normalized spacial score (nSPS) is 38.8. The monoisotopic (exact) mass is 239 g/mol. The quantitative estimate of drug-likeness (QED) is 0.813. The Morgan fingerprint density at radius 1 is 1.12 bits per heavy atom. The van der Waals surface area contributed by atoms with Crippen molar-refractivity contribution < 1.29 is 4.74 Å². The van der Waals surface area contributed by atoms with Crippen molar-refractivity contribution in [2.45, 2.75) is 65.0 Å². The van der Waals surface area contributed by atoms with Gasteiger partial charge < -0.3 is 10.1 Å². The van der Waals surface area contributed by atoms with E-state index in [-0.39, 0.29) is 0 Å². The Balaban J connectivity index is 1.82. The summed E-state index contributed by atoms with van der Waals surface area (Å²) in [6, 6.07) is 0.600. The van der Waals surface area contributed by atoms with Gasteiger partial charge in [0.25, 0.3) is 0 Å². The van der Waals surface area contributed by atoms with Crippen LogP contribution in [0.2, 0.25) is 0 Å². The van der Waals surface area contributed by atoms with E-state index in [0.717, 1.165) is 30.9 Å². The van der Waals surface area contributed by atoms with Crippen molar-refractivity contribution in [3.05, 3.63) is 0 Å². The molecule has 0 bridgehead atoms. The molecule has 1 aliphatic carbocycles. The summed E-state index contributed by atoms with van der Waals surface area (Å²) < 4.78 is 6.03. The Morgan fingerprint density at radius 2 is 1.82 bits per heavy atom. The summed E-state index contributed by atoms with van der Waals surface area (Å²) in [5, 5.41) is 3.59. The van der Waals surface area contributed by atoms with Crippen molar-refractivity contribution in [3.63, 3.8) is 0 Å². The van der Waals surface area contributed by atoms with E-state index in [0.29, 0.717) is 12.1 Å². The molecule has 1 heterocycles. The molecule has 1 saturated heterocycles. The van der Waals surface area contributed by atoms with Gasteiger partial charge in [0.05, 0.1) is 6.10 Å². The molecule has 0 aromatic carbocycles. The minimum Gasteiger partial charge on any atom is -0.378 e. The van der Waals surface area contributed by atoms with E-state index in [1.165, 1.54) is 32.1 Å². The fourth-order valence-corrected chi connectivity index (χ4v) is 3.40. The molecule has 1 N–H and O–H groups in total. The van der Waals surface area contributed by atoms with E-state index in [1.807, 2.05) is 0 Å². The molecule has 2 nitrogen and oxygen atoms in total. The largest absolute Gasteiger partial charge is 0.378 e. The van der Waals surface area contributed by atoms with Crippen molar-refractivity contribution in [2.24, 2.45) is 17.8 Å². The molecule has 1 aliphatic heterocycles. The second kappa shape index (κ2) is 6.19. The molecule has 2 rings (SSSR count). The van der Waals surface area contributed by atoms with Gasteiger partial charge in [0.15, 0.2) is 0 Å².